The first-order valence-corrected chi connectivity index (χ1v) is 8.75. The van der Waals surface area contributed by atoms with E-state index in [0.29, 0.717) is 22.1 Å². The average molecular weight is 414 g/mol. The van der Waals surface area contributed by atoms with Crippen molar-refractivity contribution in [3.05, 3.63) is 71.2 Å². The van der Waals surface area contributed by atoms with Gasteiger partial charge in [0.15, 0.2) is 5.76 Å². The number of methoxy groups -OCH3 is 1. The second kappa shape index (κ2) is 7.76. The van der Waals surface area contributed by atoms with E-state index in [9.17, 15) is 9.18 Å². The molecule has 146 valence electrons. The maximum absolute atomic E-state index is 14.3. The molecule has 2 aromatic carbocycles. The molecule has 7 nitrogen and oxygen atoms in total. The van der Waals surface area contributed by atoms with Crippen molar-refractivity contribution >= 4 is 23.2 Å². The lowest BCUT2D eigenvalue weighted by Gasteiger charge is -2.11. The number of halogens is 2. The highest BCUT2D eigenvalue weighted by atomic mass is 35.5. The summed E-state index contributed by atoms with van der Waals surface area (Å²) in [6, 6.07) is 12.0. The summed E-state index contributed by atoms with van der Waals surface area (Å²) in [7, 11) is 1.42. The normalized spacial score (nSPS) is 10.7. The first-order chi connectivity index (χ1) is 14.0. The van der Waals surface area contributed by atoms with Gasteiger partial charge >= 0.3 is 0 Å². The molecule has 0 aliphatic carbocycles. The molecule has 0 saturated carbocycles. The maximum Gasteiger partial charge on any atom is 0.283 e. The Bertz CT molecular complexity index is 1170. The molecule has 4 rings (SSSR count). The van der Waals surface area contributed by atoms with Crippen LogP contribution in [0.3, 0.4) is 0 Å². The molecule has 2 aromatic heterocycles. The highest BCUT2D eigenvalue weighted by molar-refractivity contribution is 6.31. The number of carbonyl (C=O) groups excluding carboxylic acids is 1. The predicted molar refractivity (Wildman–Crippen MR) is 103 cm³/mol. The van der Waals surface area contributed by atoms with Crippen molar-refractivity contribution < 1.29 is 22.8 Å². The quantitative estimate of drug-likeness (QED) is 0.492. The topological polar surface area (TPSA) is 90.4 Å². The number of hydrogen-bond donors (Lipinski definition) is 1. The molecule has 4 aromatic rings. The standard InChI is InChI=1S/C20H13ClFN3O4/c1-27-16-7-5-12(21)10-13(16)18(26)23-15-9-11(4-6-14(15)22)19-24-25-20(29-19)17-3-2-8-28-17/h2-10H,1H3,(H,23,26). The molecule has 9 heteroatoms. The fraction of sp³-hybridized carbons (Fsp3) is 0.0500. The summed E-state index contributed by atoms with van der Waals surface area (Å²) in [6.07, 6.45) is 1.48. The molecule has 1 N–H and O–H groups in total. The zero-order chi connectivity index (χ0) is 20.4. The highest BCUT2D eigenvalue weighted by Gasteiger charge is 2.18. The molecule has 0 radical (unpaired) electrons. The number of hydrogen-bond acceptors (Lipinski definition) is 6. The minimum Gasteiger partial charge on any atom is -0.496 e. The molecular formula is C20H13ClFN3O4. The van der Waals surface area contributed by atoms with E-state index in [1.807, 2.05) is 0 Å². The fourth-order valence-electron chi connectivity index (χ4n) is 2.64. The summed E-state index contributed by atoms with van der Waals surface area (Å²) < 4.78 is 30.2. The van der Waals surface area contributed by atoms with Crippen LogP contribution >= 0.6 is 11.6 Å². The van der Waals surface area contributed by atoms with E-state index in [1.165, 1.54) is 37.6 Å². The number of nitrogens with one attached hydrogen (secondary N) is 1. The van der Waals surface area contributed by atoms with Gasteiger partial charge in [0, 0.05) is 10.6 Å². The van der Waals surface area contributed by atoms with Crippen LogP contribution in [0.25, 0.3) is 23.1 Å². The molecule has 0 saturated heterocycles. The maximum atomic E-state index is 14.3. The summed E-state index contributed by atoms with van der Waals surface area (Å²) in [4.78, 5) is 12.6. The SMILES string of the molecule is COc1ccc(Cl)cc1C(=O)Nc1cc(-c2nnc(-c3ccco3)o2)ccc1F. The predicted octanol–water partition coefficient (Wildman–Crippen LogP) is 5.05. The van der Waals surface area contributed by atoms with Gasteiger partial charge in [-0.25, -0.2) is 4.39 Å². The number of anilines is 1. The number of rotatable bonds is 5. The largest absolute Gasteiger partial charge is 0.496 e. The smallest absolute Gasteiger partial charge is 0.283 e. The Kier molecular flexibility index (Phi) is 5.01. The number of nitrogens with zero attached hydrogens (tertiary/aromatic N) is 2. The van der Waals surface area contributed by atoms with Crippen molar-refractivity contribution in [1.29, 1.82) is 0 Å². The first kappa shape index (κ1) is 18.7. The van der Waals surface area contributed by atoms with Crippen LogP contribution in [-0.4, -0.2) is 23.2 Å². The lowest BCUT2D eigenvalue weighted by Crippen LogP contribution is -2.14. The van der Waals surface area contributed by atoms with Crippen LogP contribution in [0.2, 0.25) is 5.02 Å². The van der Waals surface area contributed by atoms with Gasteiger partial charge in [-0.15, -0.1) is 10.2 Å². The zero-order valence-corrected chi connectivity index (χ0v) is 15.7. The lowest BCUT2D eigenvalue weighted by molar-refractivity contribution is 0.102. The number of aromatic nitrogens is 2. The summed E-state index contributed by atoms with van der Waals surface area (Å²) in [5.74, 6) is -0.164. The first-order valence-electron chi connectivity index (χ1n) is 8.37. The van der Waals surface area contributed by atoms with Crippen LogP contribution in [0.4, 0.5) is 10.1 Å². The third-order valence-electron chi connectivity index (χ3n) is 4.02. The molecule has 29 heavy (non-hydrogen) atoms. The fourth-order valence-corrected chi connectivity index (χ4v) is 2.81. The van der Waals surface area contributed by atoms with E-state index in [0.717, 1.165) is 0 Å². The lowest BCUT2D eigenvalue weighted by atomic mass is 10.1. The van der Waals surface area contributed by atoms with Crippen molar-refractivity contribution in [2.45, 2.75) is 0 Å². The second-order valence-electron chi connectivity index (χ2n) is 5.88. The average Bonchev–Trinajstić information content (AvgIpc) is 3.41. The number of carbonyl (C=O) groups is 1. The highest BCUT2D eigenvalue weighted by Crippen LogP contribution is 2.29. The molecule has 0 atom stereocenters. The van der Waals surface area contributed by atoms with Gasteiger partial charge in [-0.2, -0.15) is 0 Å². The number of furan rings is 1. The van der Waals surface area contributed by atoms with E-state index in [2.05, 4.69) is 15.5 Å². The molecule has 0 unspecified atom stereocenters. The van der Waals surface area contributed by atoms with Crippen LogP contribution in [0.5, 0.6) is 5.75 Å². The number of amides is 1. The molecule has 0 spiro atoms. The minimum absolute atomic E-state index is 0.0627. The summed E-state index contributed by atoms with van der Waals surface area (Å²) in [6.45, 7) is 0. The molecule has 0 fully saturated rings. The Hall–Kier alpha value is -3.65. The van der Waals surface area contributed by atoms with Crippen molar-refractivity contribution in [1.82, 2.24) is 10.2 Å². The van der Waals surface area contributed by atoms with E-state index < -0.39 is 11.7 Å². The van der Waals surface area contributed by atoms with Crippen molar-refractivity contribution in [2.24, 2.45) is 0 Å². The van der Waals surface area contributed by atoms with Gasteiger partial charge in [-0.1, -0.05) is 11.6 Å². The van der Waals surface area contributed by atoms with Gasteiger partial charge in [-0.3, -0.25) is 4.79 Å². The molecule has 2 heterocycles. The van der Waals surface area contributed by atoms with Crippen molar-refractivity contribution in [3.8, 4) is 28.9 Å². The Morgan fingerprint density at radius 3 is 2.72 bits per heavy atom. The molecule has 1 amide bonds. The number of ether oxygens (including phenoxy) is 1. The van der Waals surface area contributed by atoms with E-state index in [1.54, 1.807) is 24.3 Å². The minimum atomic E-state index is -0.631. The van der Waals surface area contributed by atoms with Crippen LogP contribution in [-0.2, 0) is 0 Å². The third kappa shape index (κ3) is 3.83. The Morgan fingerprint density at radius 1 is 1.14 bits per heavy atom. The Balaban J connectivity index is 1.63. The van der Waals surface area contributed by atoms with E-state index in [4.69, 9.17) is 25.2 Å². The van der Waals surface area contributed by atoms with Crippen molar-refractivity contribution in [3.63, 3.8) is 0 Å². The van der Waals surface area contributed by atoms with Crippen LogP contribution < -0.4 is 10.1 Å². The van der Waals surface area contributed by atoms with Gasteiger partial charge in [0.05, 0.1) is 24.6 Å². The second-order valence-corrected chi connectivity index (χ2v) is 6.32. The Labute approximate surface area is 169 Å². The van der Waals surface area contributed by atoms with E-state index >= 15 is 0 Å². The van der Waals surface area contributed by atoms with Gasteiger partial charge in [0.25, 0.3) is 11.8 Å². The van der Waals surface area contributed by atoms with Crippen molar-refractivity contribution in [2.75, 3.05) is 12.4 Å². The van der Waals surface area contributed by atoms with Crippen LogP contribution in [0, 0.1) is 5.82 Å². The Morgan fingerprint density at radius 2 is 1.97 bits per heavy atom. The molecule has 0 aliphatic heterocycles. The zero-order valence-electron chi connectivity index (χ0n) is 15.0. The molecule has 0 aliphatic rings. The summed E-state index contributed by atoms with van der Waals surface area (Å²) >= 11 is 5.96. The third-order valence-corrected chi connectivity index (χ3v) is 4.26. The number of benzene rings is 2. The van der Waals surface area contributed by atoms with Gasteiger partial charge in [0.1, 0.15) is 11.6 Å². The monoisotopic (exact) mass is 413 g/mol. The van der Waals surface area contributed by atoms with Gasteiger partial charge in [-0.05, 0) is 48.5 Å². The summed E-state index contributed by atoms with van der Waals surface area (Å²) in [5.41, 5.74) is 0.528. The molecular weight excluding hydrogens is 401 g/mol. The summed E-state index contributed by atoms with van der Waals surface area (Å²) in [5, 5.41) is 10.7. The van der Waals surface area contributed by atoms with E-state index in [-0.39, 0.29) is 23.0 Å². The van der Waals surface area contributed by atoms with Gasteiger partial charge < -0.3 is 18.9 Å². The molecule has 0 bridgehead atoms. The van der Waals surface area contributed by atoms with Gasteiger partial charge in [0.2, 0.25) is 5.89 Å². The van der Waals surface area contributed by atoms with Crippen LogP contribution in [0.1, 0.15) is 10.4 Å². The van der Waals surface area contributed by atoms with Crippen LogP contribution in [0.15, 0.2) is 63.6 Å².